The maximum Gasteiger partial charge on any atom is 0.275 e. The first-order chi connectivity index (χ1) is 9.81. The summed E-state index contributed by atoms with van der Waals surface area (Å²) >= 11 is 6.91. The molecule has 0 radical (unpaired) electrons. The Kier molecular flexibility index (Phi) is 4.53. The van der Waals surface area contributed by atoms with Crippen LogP contribution in [0.4, 0.5) is 18.9 Å². The molecule has 0 spiro atoms. The van der Waals surface area contributed by atoms with Crippen molar-refractivity contribution in [2.24, 2.45) is 0 Å². The molecule has 2 aromatic rings. The molecule has 1 aromatic carbocycles. The molecule has 1 aromatic heterocycles. The summed E-state index contributed by atoms with van der Waals surface area (Å²) in [6.45, 7) is 3.69. The highest BCUT2D eigenvalue weighted by molar-refractivity contribution is 7.16. The van der Waals surface area contributed by atoms with Crippen LogP contribution < -0.4 is 5.32 Å². The van der Waals surface area contributed by atoms with Crippen molar-refractivity contribution in [1.29, 1.82) is 0 Å². The second kappa shape index (κ2) is 6.03. The Labute approximate surface area is 127 Å². The molecule has 2 rings (SSSR count). The number of rotatable bonds is 3. The molecule has 1 heterocycles. The lowest BCUT2D eigenvalue weighted by Crippen LogP contribution is -2.16. The Bertz CT molecular complexity index is 703. The Balaban J connectivity index is 2.33. The SMILES string of the molecule is CC(C)c1sc(Cl)nc1C(=O)Nc1ccc(F)c(F)c1F. The second-order valence-electron chi connectivity index (χ2n) is 4.51. The van der Waals surface area contributed by atoms with Crippen LogP contribution in [0.3, 0.4) is 0 Å². The largest absolute Gasteiger partial charge is 0.318 e. The fraction of sp³-hybridized carbons (Fsp3) is 0.231. The highest BCUT2D eigenvalue weighted by atomic mass is 35.5. The van der Waals surface area contributed by atoms with Gasteiger partial charge in [0, 0.05) is 4.88 Å². The molecule has 0 atom stereocenters. The van der Waals surface area contributed by atoms with Gasteiger partial charge in [-0.2, -0.15) is 0 Å². The highest BCUT2D eigenvalue weighted by Crippen LogP contribution is 2.30. The molecule has 1 amide bonds. The summed E-state index contributed by atoms with van der Waals surface area (Å²) in [5.41, 5.74) is -0.415. The number of carbonyl (C=O) groups excluding carboxylic acids is 1. The van der Waals surface area contributed by atoms with Gasteiger partial charge in [-0.1, -0.05) is 25.4 Å². The molecule has 21 heavy (non-hydrogen) atoms. The third kappa shape index (κ3) is 3.19. The lowest BCUT2D eigenvalue weighted by atomic mass is 10.1. The van der Waals surface area contributed by atoms with E-state index in [1.54, 1.807) is 0 Å². The number of nitrogens with one attached hydrogen (secondary N) is 1. The lowest BCUT2D eigenvalue weighted by Gasteiger charge is -2.08. The third-order valence-corrected chi connectivity index (χ3v) is 4.11. The van der Waals surface area contributed by atoms with E-state index in [0.717, 1.165) is 23.5 Å². The van der Waals surface area contributed by atoms with E-state index in [-0.39, 0.29) is 16.1 Å². The third-order valence-electron chi connectivity index (χ3n) is 2.65. The van der Waals surface area contributed by atoms with Crippen LogP contribution in [-0.2, 0) is 0 Å². The van der Waals surface area contributed by atoms with Crippen LogP contribution in [0, 0.1) is 17.5 Å². The van der Waals surface area contributed by atoms with E-state index in [2.05, 4.69) is 10.3 Å². The standard InChI is InChI=1S/C13H10ClF3N2OS/c1-5(2)11-10(19-13(14)21-11)12(20)18-7-4-3-6(15)8(16)9(7)17/h3-5H,1-2H3,(H,18,20). The minimum Gasteiger partial charge on any atom is -0.318 e. The van der Waals surface area contributed by atoms with E-state index in [4.69, 9.17) is 11.6 Å². The van der Waals surface area contributed by atoms with Crippen molar-refractivity contribution in [2.45, 2.75) is 19.8 Å². The van der Waals surface area contributed by atoms with E-state index < -0.39 is 29.0 Å². The van der Waals surface area contributed by atoms with Crippen LogP contribution in [0.25, 0.3) is 0 Å². The lowest BCUT2D eigenvalue weighted by molar-refractivity contribution is 0.102. The van der Waals surface area contributed by atoms with Crippen molar-refractivity contribution in [3.8, 4) is 0 Å². The van der Waals surface area contributed by atoms with Crippen molar-refractivity contribution in [3.63, 3.8) is 0 Å². The van der Waals surface area contributed by atoms with Gasteiger partial charge in [0.15, 0.2) is 21.9 Å². The predicted molar refractivity (Wildman–Crippen MR) is 75.5 cm³/mol. The molecule has 0 aliphatic rings. The number of hydrogen-bond donors (Lipinski definition) is 1. The maximum atomic E-state index is 13.5. The zero-order valence-corrected chi connectivity index (χ0v) is 12.6. The predicted octanol–water partition coefficient (Wildman–Crippen LogP) is 4.59. The van der Waals surface area contributed by atoms with Crippen LogP contribution in [0.5, 0.6) is 0 Å². The van der Waals surface area contributed by atoms with Gasteiger partial charge in [0.2, 0.25) is 0 Å². The van der Waals surface area contributed by atoms with E-state index in [1.165, 1.54) is 0 Å². The van der Waals surface area contributed by atoms with Gasteiger partial charge in [-0.05, 0) is 18.1 Å². The summed E-state index contributed by atoms with van der Waals surface area (Å²) in [5.74, 6) is -5.17. The number of hydrogen-bond acceptors (Lipinski definition) is 3. The molecule has 0 saturated heterocycles. The van der Waals surface area contributed by atoms with Crippen molar-refractivity contribution >= 4 is 34.5 Å². The van der Waals surface area contributed by atoms with E-state index in [9.17, 15) is 18.0 Å². The van der Waals surface area contributed by atoms with E-state index >= 15 is 0 Å². The van der Waals surface area contributed by atoms with Crippen LogP contribution >= 0.6 is 22.9 Å². The average Bonchev–Trinajstić information content (AvgIpc) is 2.82. The quantitative estimate of drug-likeness (QED) is 0.834. The molecular weight excluding hydrogens is 325 g/mol. The number of amides is 1. The minimum absolute atomic E-state index is 0.00875. The molecule has 0 unspecified atom stereocenters. The van der Waals surface area contributed by atoms with Crippen LogP contribution in [0.2, 0.25) is 4.47 Å². The van der Waals surface area contributed by atoms with E-state index in [1.807, 2.05) is 13.8 Å². The Hall–Kier alpha value is -1.60. The number of nitrogens with zero attached hydrogens (tertiary/aromatic N) is 1. The number of thiazole rings is 1. The van der Waals surface area contributed by atoms with E-state index in [0.29, 0.717) is 4.88 Å². The minimum atomic E-state index is -1.65. The van der Waals surface area contributed by atoms with Gasteiger partial charge in [-0.25, -0.2) is 18.2 Å². The summed E-state index contributed by atoms with van der Waals surface area (Å²) < 4.78 is 39.7. The molecule has 1 N–H and O–H groups in total. The number of benzene rings is 1. The fourth-order valence-electron chi connectivity index (χ4n) is 1.66. The maximum absolute atomic E-state index is 13.5. The van der Waals surface area contributed by atoms with Crippen LogP contribution in [0.1, 0.15) is 35.1 Å². The Morgan fingerprint density at radius 2 is 1.95 bits per heavy atom. The summed E-state index contributed by atoms with van der Waals surface area (Å²) in [5, 5.41) is 2.17. The zero-order chi connectivity index (χ0) is 15.7. The molecule has 0 saturated carbocycles. The van der Waals surface area contributed by atoms with Crippen molar-refractivity contribution < 1.29 is 18.0 Å². The van der Waals surface area contributed by atoms with Gasteiger partial charge < -0.3 is 5.32 Å². The van der Waals surface area contributed by atoms with Crippen LogP contribution in [-0.4, -0.2) is 10.9 Å². The zero-order valence-electron chi connectivity index (χ0n) is 11.0. The molecule has 112 valence electrons. The summed E-state index contributed by atoms with van der Waals surface area (Å²) in [7, 11) is 0. The van der Waals surface area contributed by atoms with Gasteiger partial charge in [0.1, 0.15) is 5.69 Å². The van der Waals surface area contributed by atoms with Crippen LogP contribution in [0.15, 0.2) is 12.1 Å². The average molecular weight is 335 g/mol. The van der Waals surface area contributed by atoms with Gasteiger partial charge >= 0.3 is 0 Å². The van der Waals surface area contributed by atoms with Crippen molar-refractivity contribution in [3.05, 3.63) is 44.6 Å². The molecule has 0 aliphatic carbocycles. The summed E-state index contributed by atoms with van der Waals surface area (Å²) in [4.78, 5) is 16.6. The van der Waals surface area contributed by atoms with Crippen molar-refractivity contribution in [1.82, 2.24) is 4.98 Å². The summed E-state index contributed by atoms with van der Waals surface area (Å²) in [6, 6.07) is 1.67. The highest BCUT2D eigenvalue weighted by Gasteiger charge is 2.22. The number of carbonyl (C=O) groups is 1. The van der Waals surface area contributed by atoms with Gasteiger partial charge in [0.05, 0.1) is 5.69 Å². The monoisotopic (exact) mass is 334 g/mol. The first-order valence-electron chi connectivity index (χ1n) is 5.92. The van der Waals surface area contributed by atoms with Gasteiger partial charge in [0.25, 0.3) is 5.91 Å². The topological polar surface area (TPSA) is 42.0 Å². The molecule has 0 fully saturated rings. The number of anilines is 1. The Morgan fingerprint density at radius 1 is 1.29 bits per heavy atom. The summed E-state index contributed by atoms with van der Waals surface area (Å²) in [6.07, 6.45) is 0. The Morgan fingerprint density at radius 3 is 2.57 bits per heavy atom. The second-order valence-corrected chi connectivity index (χ2v) is 6.12. The van der Waals surface area contributed by atoms with Gasteiger partial charge in [-0.15, -0.1) is 11.3 Å². The smallest absolute Gasteiger partial charge is 0.275 e. The first kappa shape index (κ1) is 15.8. The van der Waals surface area contributed by atoms with Gasteiger partial charge in [-0.3, -0.25) is 4.79 Å². The molecule has 0 aliphatic heterocycles. The number of halogens is 4. The number of aromatic nitrogens is 1. The fourth-order valence-corrected chi connectivity index (χ4v) is 2.79. The molecular formula is C13H10ClF3N2OS. The molecule has 8 heteroatoms. The first-order valence-corrected chi connectivity index (χ1v) is 7.11. The normalized spacial score (nSPS) is 11.0. The van der Waals surface area contributed by atoms with Crippen molar-refractivity contribution in [2.75, 3.05) is 5.32 Å². The molecule has 0 bridgehead atoms. The molecule has 3 nitrogen and oxygen atoms in total.